The summed E-state index contributed by atoms with van der Waals surface area (Å²) in [5.74, 6) is -0.413. The second kappa shape index (κ2) is 5.10. The van der Waals surface area contributed by atoms with Crippen molar-refractivity contribution in [2.75, 3.05) is 14.2 Å². The highest BCUT2D eigenvalue weighted by Gasteiger charge is 2.17. The van der Waals surface area contributed by atoms with Crippen molar-refractivity contribution in [3.63, 3.8) is 0 Å². The first-order valence-electron chi connectivity index (χ1n) is 5.64. The predicted octanol–water partition coefficient (Wildman–Crippen LogP) is 0.742. The molecule has 96 valence electrons. The van der Waals surface area contributed by atoms with E-state index < -0.39 is 12.0 Å². The summed E-state index contributed by atoms with van der Waals surface area (Å²) in [6.07, 6.45) is 2.26. The maximum absolute atomic E-state index is 11.3. The molecule has 1 heterocycles. The number of para-hydroxylation sites is 1. The molecule has 1 atom stereocenters. The van der Waals surface area contributed by atoms with Crippen molar-refractivity contribution in [1.82, 2.24) is 4.73 Å². The van der Waals surface area contributed by atoms with Crippen LogP contribution in [0.25, 0.3) is 10.9 Å². The van der Waals surface area contributed by atoms with Gasteiger partial charge in [0.25, 0.3) is 0 Å². The standard InChI is InChI=1S/C13H16N2O3/c1-17-13(16)11(14)7-9-8-15(18-2)12-6-4-3-5-10(9)12/h3-6,8,11H,7,14H2,1-2H3/t11-/m0/s1. The Morgan fingerprint density at radius 2 is 2.11 bits per heavy atom. The number of ether oxygens (including phenoxy) is 1. The second-order valence-corrected chi connectivity index (χ2v) is 4.01. The van der Waals surface area contributed by atoms with E-state index in [-0.39, 0.29) is 0 Å². The maximum Gasteiger partial charge on any atom is 0.322 e. The van der Waals surface area contributed by atoms with Crippen LogP contribution in [0.4, 0.5) is 0 Å². The van der Waals surface area contributed by atoms with E-state index in [2.05, 4.69) is 4.74 Å². The van der Waals surface area contributed by atoms with Gasteiger partial charge in [-0.1, -0.05) is 18.2 Å². The molecule has 0 aliphatic carbocycles. The summed E-state index contributed by atoms with van der Waals surface area (Å²) in [5, 5.41) is 1.03. The first-order chi connectivity index (χ1) is 8.67. The Balaban J connectivity index is 2.36. The number of carbonyl (C=O) groups is 1. The fraction of sp³-hybridized carbons (Fsp3) is 0.308. The normalized spacial score (nSPS) is 12.4. The third-order valence-corrected chi connectivity index (χ3v) is 2.90. The Morgan fingerprint density at radius 3 is 2.78 bits per heavy atom. The minimum atomic E-state index is -0.661. The van der Waals surface area contributed by atoms with Crippen LogP contribution in [0, 0.1) is 0 Å². The minimum Gasteiger partial charge on any atom is -0.468 e. The van der Waals surface area contributed by atoms with E-state index in [1.807, 2.05) is 30.5 Å². The van der Waals surface area contributed by atoms with Crippen molar-refractivity contribution >= 4 is 16.9 Å². The molecule has 0 unspecified atom stereocenters. The Kier molecular flexibility index (Phi) is 3.53. The highest BCUT2D eigenvalue weighted by Crippen LogP contribution is 2.21. The first kappa shape index (κ1) is 12.4. The Hall–Kier alpha value is -2.01. The van der Waals surface area contributed by atoms with E-state index >= 15 is 0 Å². The third-order valence-electron chi connectivity index (χ3n) is 2.90. The number of fused-ring (bicyclic) bond motifs is 1. The van der Waals surface area contributed by atoms with Gasteiger partial charge in [0.1, 0.15) is 13.2 Å². The van der Waals surface area contributed by atoms with E-state index in [4.69, 9.17) is 10.6 Å². The van der Waals surface area contributed by atoms with Crippen molar-refractivity contribution < 1.29 is 14.4 Å². The van der Waals surface area contributed by atoms with Gasteiger partial charge in [-0.05, 0) is 11.6 Å². The van der Waals surface area contributed by atoms with Crippen LogP contribution < -0.4 is 10.6 Å². The monoisotopic (exact) mass is 248 g/mol. The molecule has 0 bridgehead atoms. The van der Waals surface area contributed by atoms with Crippen LogP contribution in [-0.4, -0.2) is 31.0 Å². The smallest absolute Gasteiger partial charge is 0.322 e. The van der Waals surface area contributed by atoms with Crippen molar-refractivity contribution in [3.05, 3.63) is 36.0 Å². The third kappa shape index (κ3) is 2.17. The van der Waals surface area contributed by atoms with Crippen LogP contribution in [0.1, 0.15) is 5.56 Å². The SMILES string of the molecule is COC(=O)[C@@H](N)Cc1cn(OC)c2ccccc12. The number of methoxy groups -OCH3 is 1. The lowest BCUT2D eigenvalue weighted by Gasteiger charge is -2.07. The van der Waals surface area contributed by atoms with Gasteiger partial charge >= 0.3 is 5.97 Å². The van der Waals surface area contributed by atoms with Crippen molar-refractivity contribution in [2.24, 2.45) is 5.73 Å². The molecule has 0 fully saturated rings. The number of nitrogens with two attached hydrogens (primary N) is 1. The number of aromatic nitrogens is 1. The van der Waals surface area contributed by atoms with Crippen LogP contribution >= 0.6 is 0 Å². The highest BCUT2D eigenvalue weighted by atomic mass is 16.6. The minimum absolute atomic E-state index is 0.413. The number of hydrogen-bond acceptors (Lipinski definition) is 4. The number of nitrogens with zero attached hydrogens (tertiary/aromatic N) is 1. The molecule has 1 aromatic heterocycles. The van der Waals surface area contributed by atoms with Gasteiger partial charge in [0.2, 0.25) is 0 Å². The van der Waals surface area contributed by atoms with E-state index in [0.717, 1.165) is 16.5 Å². The number of esters is 1. The Labute approximate surface area is 105 Å². The Morgan fingerprint density at radius 1 is 1.39 bits per heavy atom. The predicted molar refractivity (Wildman–Crippen MR) is 68.1 cm³/mol. The molecule has 0 aliphatic heterocycles. The van der Waals surface area contributed by atoms with E-state index in [1.54, 1.807) is 11.8 Å². The molecule has 5 nitrogen and oxygen atoms in total. The fourth-order valence-electron chi connectivity index (χ4n) is 2.00. The van der Waals surface area contributed by atoms with Crippen molar-refractivity contribution in [2.45, 2.75) is 12.5 Å². The van der Waals surface area contributed by atoms with Gasteiger partial charge in [-0.3, -0.25) is 4.79 Å². The van der Waals surface area contributed by atoms with E-state index in [9.17, 15) is 4.79 Å². The van der Waals surface area contributed by atoms with Gasteiger partial charge < -0.3 is 15.3 Å². The molecule has 1 aromatic carbocycles. The lowest BCUT2D eigenvalue weighted by atomic mass is 10.1. The van der Waals surface area contributed by atoms with Crippen LogP contribution in [0.15, 0.2) is 30.5 Å². The summed E-state index contributed by atoms with van der Waals surface area (Å²) < 4.78 is 6.29. The number of benzene rings is 1. The summed E-state index contributed by atoms with van der Waals surface area (Å²) in [6, 6.07) is 7.14. The fourth-order valence-corrected chi connectivity index (χ4v) is 2.00. The zero-order valence-electron chi connectivity index (χ0n) is 10.4. The van der Waals surface area contributed by atoms with E-state index in [0.29, 0.717) is 6.42 Å². The molecule has 0 saturated carbocycles. The number of carbonyl (C=O) groups excluding carboxylic acids is 1. The van der Waals surface area contributed by atoms with Crippen LogP contribution in [0.5, 0.6) is 0 Å². The van der Waals surface area contributed by atoms with Gasteiger partial charge in [0.05, 0.1) is 12.6 Å². The molecule has 0 aliphatic rings. The summed E-state index contributed by atoms with van der Waals surface area (Å²) in [4.78, 5) is 16.6. The molecule has 5 heteroatoms. The Bertz CT molecular complexity index is 562. The largest absolute Gasteiger partial charge is 0.468 e. The summed E-state index contributed by atoms with van der Waals surface area (Å²) in [7, 11) is 2.93. The van der Waals surface area contributed by atoms with E-state index in [1.165, 1.54) is 7.11 Å². The molecular formula is C13H16N2O3. The van der Waals surface area contributed by atoms with Gasteiger partial charge in [-0.2, -0.15) is 4.73 Å². The average Bonchev–Trinajstić information content (AvgIpc) is 2.76. The summed E-state index contributed by atoms with van der Waals surface area (Å²) >= 11 is 0. The molecule has 0 saturated heterocycles. The average molecular weight is 248 g/mol. The molecule has 0 amide bonds. The molecule has 2 aromatic rings. The lowest BCUT2D eigenvalue weighted by Crippen LogP contribution is -2.33. The molecule has 2 N–H and O–H groups in total. The van der Waals surface area contributed by atoms with Crippen molar-refractivity contribution in [1.29, 1.82) is 0 Å². The zero-order chi connectivity index (χ0) is 13.1. The molecule has 18 heavy (non-hydrogen) atoms. The second-order valence-electron chi connectivity index (χ2n) is 4.01. The topological polar surface area (TPSA) is 66.5 Å². The summed E-state index contributed by atoms with van der Waals surface area (Å²) in [6.45, 7) is 0. The van der Waals surface area contributed by atoms with Gasteiger partial charge in [-0.25, -0.2) is 0 Å². The van der Waals surface area contributed by atoms with Crippen molar-refractivity contribution in [3.8, 4) is 0 Å². The van der Waals surface area contributed by atoms with Crippen LogP contribution in [0.3, 0.4) is 0 Å². The molecule has 0 spiro atoms. The summed E-state index contributed by atoms with van der Waals surface area (Å²) in [5.41, 5.74) is 7.69. The zero-order valence-corrected chi connectivity index (χ0v) is 10.4. The number of hydrogen-bond donors (Lipinski definition) is 1. The van der Waals surface area contributed by atoms with Gasteiger partial charge in [0.15, 0.2) is 0 Å². The maximum atomic E-state index is 11.3. The van der Waals surface area contributed by atoms with Crippen LogP contribution in [0.2, 0.25) is 0 Å². The first-order valence-corrected chi connectivity index (χ1v) is 5.64. The van der Waals surface area contributed by atoms with Gasteiger partial charge in [0, 0.05) is 18.0 Å². The number of rotatable bonds is 4. The highest BCUT2D eigenvalue weighted by molar-refractivity contribution is 5.85. The lowest BCUT2D eigenvalue weighted by molar-refractivity contribution is -0.142. The molecular weight excluding hydrogens is 232 g/mol. The van der Waals surface area contributed by atoms with Gasteiger partial charge in [-0.15, -0.1) is 0 Å². The molecule has 2 rings (SSSR count). The molecule has 0 radical (unpaired) electrons. The quantitative estimate of drug-likeness (QED) is 0.810. The van der Waals surface area contributed by atoms with Crippen LogP contribution in [-0.2, 0) is 16.0 Å².